The normalized spacial score (nSPS) is 12.1. The number of amides is 2. The number of carbonyl (C=O) groups is 2. The van der Waals surface area contributed by atoms with E-state index in [2.05, 4.69) is 30.9 Å². The van der Waals surface area contributed by atoms with Crippen molar-refractivity contribution in [2.75, 3.05) is 50.2 Å². The number of oxazole rings is 1. The Bertz CT molecular complexity index is 1590. The van der Waals surface area contributed by atoms with Gasteiger partial charge >= 0.3 is 0 Å². The molecule has 2 aromatic heterocycles. The summed E-state index contributed by atoms with van der Waals surface area (Å²) < 4.78 is 19.7. The number of benzene rings is 2. The second kappa shape index (κ2) is 13.7. The fourth-order valence-electron chi connectivity index (χ4n) is 3.88. The van der Waals surface area contributed by atoms with E-state index in [9.17, 15) is 14.0 Å². The number of rotatable bonds is 12. The van der Waals surface area contributed by atoms with Crippen molar-refractivity contribution in [3.8, 4) is 11.5 Å². The van der Waals surface area contributed by atoms with Crippen LogP contribution in [-0.4, -0.2) is 76.8 Å². The highest BCUT2D eigenvalue weighted by molar-refractivity contribution is 5.99. The van der Waals surface area contributed by atoms with E-state index in [1.54, 1.807) is 56.6 Å². The van der Waals surface area contributed by atoms with E-state index in [1.807, 2.05) is 25.9 Å². The minimum Gasteiger partial charge on any atom is -0.436 e. The van der Waals surface area contributed by atoms with Crippen LogP contribution in [0.2, 0.25) is 0 Å². The Morgan fingerprint density at radius 3 is 2.64 bits per heavy atom. The SMILES string of the molecule is CCCNc1nc(Nc2cccc(F)c2)ncc1-c1nc2ccc(NC(=O)C(C)N(C)C(=O)/C=C/CN(C)C)cc2o1. The van der Waals surface area contributed by atoms with Crippen LogP contribution in [0.25, 0.3) is 22.6 Å². The molecular weight excluding hydrogens is 539 g/mol. The Hall–Kier alpha value is -4.84. The average Bonchev–Trinajstić information content (AvgIpc) is 3.38. The molecule has 1 unspecified atom stereocenters. The first-order valence-corrected chi connectivity index (χ1v) is 13.6. The van der Waals surface area contributed by atoms with Gasteiger partial charge in [-0.3, -0.25) is 9.59 Å². The molecule has 0 saturated heterocycles. The molecule has 0 spiro atoms. The fraction of sp³-hybridized carbons (Fsp3) is 0.300. The number of anilines is 4. The number of nitrogens with zero attached hydrogens (tertiary/aromatic N) is 5. The molecule has 42 heavy (non-hydrogen) atoms. The first-order chi connectivity index (χ1) is 20.1. The summed E-state index contributed by atoms with van der Waals surface area (Å²) in [5.74, 6) is 0.119. The Balaban J connectivity index is 1.51. The molecule has 0 aliphatic heterocycles. The summed E-state index contributed by atoms with van der Waals surface area (Å²) in [6, 6.07) is 10.5. The Kier molecular flexibility index (Phi) is 9.81. The summed E-state index contributed by atoms with van der Waals surface area (Å²) in [4.78, 5) is 42.2. The standard InChI is InChI=1S/C30H35FN8O3/c1-6-14-32-27-23(18-33-30(37-27)35-21-10-7-9-20(31)16-21)29-36-24-13-12-22(17-25(24)42-29)34-28(41)19(2)39(5)26(40)11-8-15-38(3)4/h7-13,16-19H,6,14-15H2,1-5H3,(H,34,41)(H2,32,33,35,37)/b11-8+. The lowest BCUT2D eigenvalue weighted by molar-refractivity contribution is -0.132. The number of hydrogen-bond donors (Lipinski definition) is 3. The Labute approximate surface area is 243 Å². The molecule has 11 nitrogen and oxygen atoms in total. The number of carbonyl (C=O) groups excluding carboxylic acids is 2. The lowest BCUT2D eigenvalue weighted by Gasteiger charge is -2.23. The molecule has 0 bridgehead atoms. The topological polar surface area (TPSA) is 129 Å². The van der Waals surface area contributed by atoms with E-state index in [1.165, 1.54) is 23.1 Å². The van der Waals surface area contributed by atoms with E-state index in [0.717, 1.165) is 6.42 Å². The highest BCUT2D eigenvalue weighted by Crippen LogP contribution is 2.31. The molecule has 12 heteroatoms. The highest BCUT2D eigenvalue weighted by Gasteiger charge is 2.22. The van der Waals surface area contributed by atoms with Gasteiger partial charge in [0.1, 0.15) is 23.2 Å². The molecule has 1 atom stereocenters. The Morgan fingerprint density at radius 2 is 1.90 bits per heavy atom. The number of halogens is 1. The molecule has 4 aromatic rings. The van der Waals surface area contributed by atoms with Crippen molar-refractivity contribution in [2.45, 2.75) is 26.3 Å². The van der Waals surface area contributed by atoms with Gasteiger partial charge in [0.25, 0.3) is 0 Å². The third-order valence-electron chi connectivity index (χ3n) is 6.34. The minimum absolute atomic E-state index is 0.262. The van der Waals surface area contributed by atoms with Crippen molar-refractivity contribution in [1.82, 2.24) is 24.8 Å². The number of fused-ring (bicyclic) bond motifs is 1. The van der Waals surface area contributed by atoms with Gasteiger partial charge in [-0.1, -0.05) is 19.1 Å². The van der Waals surface area contributed by atoms with Crippen LogP contribution in [0.4, 0.5) is 27.5 Å². The van der Waals surface area contributed by atoms with Gasteiger partial charge in [0.05, 0.1) is 5.56 Å². The molecule has 3 N–H and O–H groups in total. The Morgan fingerprint density at radius 1 is 1.10 bits per heavy atom. The molecule has 220 valence electrons. The van der Waals surface area contributed by atoms with E-state index < -0.39 is 6.04 Å². The quantitative estimate of drug-likeness (QED) is 0.203. The van der Waals surface area contributed by atoms with Crippen molar-refractivity contribution in [1.29, 1.82) is 0 Å². The molecule has 2 amide bonds. The van der Waals surface area contributed by atoms with Gasteiger partial charge in [-0.25, -0.2) is 14.4 Å². The van der Waals surface area contributed by atoms with Crippen LogP contribution < -0.4 is 16.0 Å². The van der Waals surface area contributed by atoms with Crippen molar-refractivity contribution >= 4 is 46.1 Å². The van der Waals surface area contributed by atoms with Gasteiger partial charge in [0.15, 0.2) is 5.58 Å². The smallest absolute Gasteiger partial charge is 0.246 e. The monoisotopic (exact) mass is 574 g/mol. The van der Waals surface area contributed by atoms with Crippen LogP contribution in [0.1, 0.15) is 20.3 Å². The maximum absolute atomic E-state index is 13.6. The first-order valence-electron chi connectivity index (χ1n) is 13.6. The zero-order chi connectivity index (χ0) is 30.2. The molecule has 0 aliphatic rings. The second-order valence-corrected chi connectivity index (χ2v) is 10.00. The zero-order valence-electron chi connectivity index (χ0n) is 24.3. The van der Waals surface area contributed by atoms with Gasteiger partial charge < -0.3 is 30.2 Å². The van der Waals surface area contributed by atoms with Crippen molar-refractivity contribution in [3.63, 3.8) is 0 Å². The molecule has 2 aromatic carbocycles. The highest BCUT2D eigenvalue weighted by atomic mass is 19.1. The van der Waals surface area contributed by atoms with Crippen molar-refractivity contribution in [3.05, 3.63) is 66.6 Å². The zero-order valence-corrected chi connectivity index (χ0v) is 24.3. The number of aromatic nitrogens is 3. The van der Waals surface area contributed by atoms with E-state index in [0.29, 0.717) is 52.8 Å². The average molecular weight is 575 g/mol. The van der Waals surface area contributed by atoms with Crippen LogP contribution in [0.5, 0.6) is 0 Å². The van der Waals surface area contributed by atoms with Gasteiger partial charge in [-0.05, 0) is 57.8 Å². The summed E-state index contributed by atoms with van der Waals surface area (Å²) in [6.45, 7) is 4.97. The van der Waals surface area contributed by atoms with Crippen molar-refractivity contribution in [2.24, 2.45) is 0 Å². The molecule has 0 fully saturated rings. The summed E-state index contributed by atoms with van der Waals surface area (Å²) in [5.41, 5.74) is 2.60. The van der Waals surface area contributed by atoms with Gasteiger partial charge in [0.2, 0.25) is 23.7 Å². The van der Waals surface area contributed by atoms with Crippen LogP contribution in [0.3, 0.4) is 0 Å². The molecule has 0 saturated carbocycles. The van der Waals surface area contributed by atoms with Crippen LogP contribution in [0, 0.1) is 5.82 Å². The van der Waals surface area contributed by atoms with E-state index in [-0.39, 0.29) is 23.6 Å². The molecule has 2 heterocycles. The van der Waals surface area contributed by atoms with E-state index in [4.69, 9.17) is 4.42 Å². The maximum atomic E-state index is 13.6. The summed E-state index contributed by atoms with van der Waals surface area (Å²) in [6.07, 6.45) is 5.66. The van der Waals surface area contributed by atoms with Crippen LogP contribution in [0.15, 0.2) is 65.2 Å². The number of hydrogen-bond acceptors (Lipinski definition) is 9. The van der Waals surface area contributed by atoms with Gasteiger partial charge in [-0.2, -0.15) is 4.98 Å². The summed E-state index contributed by atoms with van der Waals surface area (Å²) in [5, 5.41) is 9.12. The number of likely N-dealkylation sites (N-methyl/N-ethyl adjacent to an activating group) is 2. The minimum atomic E-state index is -0.702. The number of nitrogens with one attached hydrogen (secondary N) is 3. The third kappa shape index (κ3) is 7.67. The molecular formula is C30H35FN8O3. The lowest BCUT2D eigenvalue weighted by atomic mass is 10.2. The third-order valence-corrected chi connectivity index (χ3v) is 6.34. The first kappa shape index (κ1) is 30.1. The van der Waals surface area contributed by atoms with E-state index >= 15 is 0 Å². The molecule has 0 radical (unpaired) electrons. The summed E-state index contributed by atoms with van der Waals surface area (Å²) >= 11 is 0. The summed E-state index contributed by atoms with van der Waals surface area (Å²) in [7, 11) is 5.40. The second-order valence-electron chi connectivity index (χ2n) is 10.00. The van der Waals surface area contributed by atoms with Gasteiger partial charge in [-0.15, -0.1) is 0 Å². The van der Waals surface area contributed by atoms with Crippen molar-refractivity contribution < 1.29 is 18.4 Å². The molecule has 4 rings (SSSR count). The predicted molar refractivity (Wildman–Crippen MR) is 162 cm³/mol. The lowest BCUT2D eigenvalue weighted by Crippen LogP contribution is -2.42. The molecule has 0 aliphatic carbocycles. The van der Waals surface area contributed by atoms with Crippen LogP contribution in [-0.2, 0) is 9.59 Å². The predicted octanol–water partition coefficient (Wildman–Crippen LogP) is 4.89. The van der Waals surface area contributed by atoms with Crippen LogP contribution >= 0.6 is 0 Å². The van der Waals surface area contributed by atoms with Gasteiger partial charge in [0, 0.05) is 49.9 Å². The fourth-order valence-corrected chi connectivity index (χ4v) is 3.88. The largest absolute Gasteiger partial charge is 0.436 e. The maximum Gasteiger partial charge on any atom is 0.246 e.